The molecule has 4 atom stereocenters. The van der Waals surface area contributed by atoms with Crippen molar-refractivity contribution in [3.05, 3.63) is 0 Å². The van der Waals surface area contributed by atoms with E-state index in [-0.39, 0.29) is 29.9 Å². The van der Waals surface area contributed by atoms with E-state index in [4.69, 9.17) is 4.74 Å². The molecule has 1 saturated carbocycles. The number of ether oxygens (including phenoxy) is 1. The average molecular weight is 253 g/mol. The second-order valence-electron chi connectivity index (χ2n) is 5.69. The molecule has 0 unspecified atom stereocenters. The lowest BCUT2D eigenvalue weighted by molar-refractivity contribution is -0.131. The molecule has 0 bridgehead atoms. The van der Waals surface area contributed by atoms with Crippen LogP contribution in [0.1, 0.15) is 46.0 Å². The van der Waals surface area contributed by atoms with Gasteiger partial charge in [-0.15, -0.1) is 0 Å². The van der Waals surface area contributed by atoms with E-state index >= 15 is 0 Å². The van der Waals surface area contributed by atoms with Gasteiger partial charge in [-0.2, -0.15) is 0 Å². The van der Waals surface area contributed by atoms with Crippen LogP contribution in [0.25, 0.3) is 0 Å². The molecule has 2 fully saturated rings. The van der Waals surface area contributed by atoms with Crippen LogP contribution in [0.15, 0.2) is 0 Å². The van der Waals surface area contributed by atoms with Gasteiger partial charge in [0.15, 0.2) is 0 Å². The Morgan fingerprint density at radius 1 is 1.44 bits per heavy atom. The van der Waals surface area contributed by atoms with Gasteiger partial charge in [0.1, 0.15) is 5.78 Å². The van der Waals surface area contributed by atoms with Gasteiger partial charge < -0.3 is 10.1 Å². The highest BCUT2D eigenvalue weighted by atomic mass is 16.5. The smallest absolute Gasteiger partial charge is 0.223 e. The summed E-state index contributed by atoms with van der Waals surface area (Å²) in [6.45, 7) is 4.73. The molecular formula is C14H23NO3. The first-order chi connectivity index (χ1) is 8.58. The van der Waals surface area contributed by atoms with Gasteiger partial charge in [-0.05, 0) is 32.6 Å². The number of carbonyl (C=O) groups is 2. The molecule has 1 aliphatic heterocycles. The fourth-order valence-electron chi connectivity index (χ4n) is 2.91. The molecule has 2 rings (SSSR count). The Hall–Kier alpha value is -0.900. The summed E-state index contributed by atoms with van der Waals surface area (Å²) in [6, 6.07) is 0.0768. The topological polar surface area (TPSA) is 55.4 Å². The van der Waals surface area contributed by atoms with Crippen LogP contribution in [-0.4, -0.2) is 30.4 Å². The van der Waals surface area contributed by atoms with Gasteiger partial charge in [-0.1, -0.05) is 6.92 Å². The molecule has 0 aromatic heterocycles. The van der Waals surface area contributed by atoms with Crippen molar-refractivity contribution in [2.75, 3.05) is 6.61 Å². The zero-order chi connectivity index (χ0) is 13.1. The van der Waals surface area contributed by atoms with Crippen molar-refractivity contribution in [1.29, 1.82) is 0 Å². The summed E-state index contributed by atoms with van der Waals surface area (Å²) in [5, 5.41) is 3.05. The standard InChI is InChI=1S/C14H23NO3/c1-9-8-11(5-6-12(9)16)14(17)15-10(2)13-4-3-7-18-13/h9-11,13H,3-8H2,1-2H3,(H,15,17)/t9-,10-,11-,13+/m1/s1. The molecule has 0 spiro atoms. The Kier molecular flexibility index (Phi) is 4.38. The number of carbonyl (C=O) groups excluding carboxylic acids is 2. The Morgan fingerprint density at radius 3 is 2.83 bits per heavy atom. The van der Waals surface area contributed by atoms with Gasteiger partial charge in [0.2, 0.25) is 5.91 Å². The van der Waals surface area contributed by atoms with Crippen LogP contribution >= 0.6 is 0 Å². The van der Waals surface area contributed by atoms with Gasteiger partial charge in [-0.25, -0.2) is 0 Å². The Bertz CT molecular complexity index is 323. The van der Waals surface area contributed by atoms with Crippen LogP contribution in [0.3, 0.4) is 0 Å². The van der Waals surface area contributed by atoms with E-state index < -0.39 is 0 Å². The van der Waals surface area contributed by atoms with Gasteiger partial charge in [0, 0.05) is 24.9 Å². The lowest BCUT2D eigenvalue weighted by Crippen LogP contribution is -2.45. The number of hydrogen-bond acceptors (Lipinski definition) is 3. The second-order valence-corrected chi connectivity index (χ2v) is 5.69. The van der Waals surface area contributed by atoms with E-state index in [9.17, 15) is 9.59 Å². The molecule has 1 amide bonds. The van der Waals surface area contributed by atoms with Crippen molar-refractivity contribution in [1.82, 2.24) is 5.32 Å². The number of nitrogens with one attached hydrogen (secondary N) is 1. The highest BCUT2D eigenvalue weighted by Gasteiger charge is 2.32. The SMILES string of the molecule is C[C@@H]1C[C@H](C(=O)N[C@H](C)[C@@H]2CCCO2)CCC1=O. The fourth-order valence-corrected chi connectivity index (χ4v) is 2.91. The molecule has 0 aromatic rings. The first-order valence-electron chi connectivity index (χ1n) is 7.02. The van der Waals surface area contributed by atoms with E-state index in [0.717, 1.165) is 19.4 Å². The summed E-state index contributed by atoms with van der Waals surface area (Å²) in [4.78, 5) is 23.6. The number of Topliss-reactive ketones (excluding diaryl/α,β-unsaturated/α-hetero) is 1. The van der Waals surface area contributed by atoms with E-state index in [0.29, 0.717) is 25.0 Å². The third-order valence-electron chi connectivity index (χ3n) is 4.19. The molecule has 1 heterocycles. The summed E-state index contributed by atoms with van der Waals surface area (Å²) in [6.07, 6.45) is 4.22. The molecule has 2 aliphatic rings. The minimum absolute atomic E-state index is 0.00144. The molecule has 1 aliphatic carbocycles. The number of hydrogen-bond donors (Lipinski definition) is 1. The van der Waals surface area contributed by atoms with Crippen molar-refractivity contribution in [3.63, 3.8) is 0 Å². The summed E-state index contributed by atoms with van der Waals surface area (Å²) in [5.41, 5.74) is 0. The maximum atomic E-state index is 12.1. The third-order valence-corrected chi connectivity index (χ3v) is 4.19. The van der Waals surface area contributed by atoms with Gasteiger partial charge in [0.05, 0.1) is 12.1 Å². The number of ketones is 1. The van der Waals surface area contributed by atoms with Crippen molar-refractivity contribution in [3.8, 4) is 0 Å². The third kappa shape index (κ3) is 3.10. The van der Waals surface area contributed by atoms with E-state index in [1.165, 1.54) is 0 Å². The first kappa shape index (κ1) is 13.5. The van der Waals surface area contributed by atoms with Crippen LogP contribution in [0.5, 0.6) is 0 Å². The van der Waals surface area contributed by atoms with Gasteiger partial charge in [0.25, 0.3) is 0 Å². The monoisotopic (exact) mass is 253 g/mol. The van der Waals surface area contributed by atoms with Crippen LogP contribution in [0.2, 0.25) is 0 Å². The van der Waals surface area contributed by atoms with E-state index in [1.807, 2.05) is 13.8 Å². The molecule has 4 nitrogen and oxygen atoms in total. The van der Waals surface area contributed by atoms with Crippen molar-refractivity contribution < 1.29 is 14.3 Å². The highest BCUT2D eigenvalue weighted by molar-refractivity contribution is 5.86. The second kappa shape index (κ2) is 5.83. The largest absolute Gasteiger partial charge is 0.376 e. The summed E-state index contributed by atoms with van der Waals surface area (Å²) >= 11 is 0. The maximum Gasteiger partial charge on any atom is 0.223 e. The van der Waals surface area contributed by atoms with Crippen LogP contribution < -0.4 is 5.32 Å². The Labute approximate surface area is 108 Å². The van der Waals surface area contributed by atoms with Crippen molar-refractivity contribution in [2.45, 2.75) is 58.1 Å². The van der Waals surface area contributed by atoms with E-state index in [1.54, 1.807) is 0 Å². The molecule has 0 radical (unpaired) electrons. The predicted octanol–water partition coefficient (Wildman–Crippen LogP) is 1.68. The average Bonchev–Trinajstić information content (AvgIpc) is 2.86. The minimum Gasteiger partial charge on any atom is -0.376 e. The molecule has 1 N–H and O–H groups in total. The zero-order valence-electron chi connectivity index (χ0n) is 11.3. The molecule has 18 heavy (non-hydrogen) atoms. The lowest BCUT2D eigenvalue weighted by atomic mass is 9.81. The van der Waals surface area contributed by atoms with Crippen molar-refractivity contribution in [2.24, 2.45) is 11.8 Å². The summed E-state index contributed by atoms with van der Waals surface area (Å²) < 4.78 is 5.57. The predicted molar refractivity (Wildman–Crippen MR) is 68.1 cm³/mol. The molecule has 0 aromatic carbocycles. The maximum absolute atomic E-state index is 12.1. The number of amides is 1. The van der Waals surface area contributed by atoms with Gasteiger partial charge >= 0.3 is 0 Å². The lowest BCUT2D eigenvalue weighted by Gasteiger charge is -2.27. The van der Waals surface area contributed by atoms with Crippen LogP contribution in [0.4, 0.5) is 0 Å². The van der Waals surface area contributed by atoms with Crippen LogP contribution in [-0.2, 0) is 14.3 Å². The fraction of sp³-hybridized carbons (Fsp3) is 0.857. The first-order valence-corrected chi connectivity index (χ1v) is 7.02. The Balaban J connectivity index is 1.82. The summed E-state index contributed by atoms with van der Waals surface area (Å²) in [5.74, 6) is 0.428. The quantitative estimate of drug-likeness (QED) is 0.832. The van der Waals surface area contributed by atoms with Gasteiger partial charge in [-0.3, -0.25) is 9.59 Å². The van der Waals surface area contributed by atoms with Crippen molar-refractivity contribution >= 4 is 11.7 Å². The molecule has 1 saturated heterocycles. The molecule has 102 valence electrons. The molecular weight excluding hydrogens is 230 g/mol. The normalized spacial score (nSPS) is 34.3. The summed E-state index contributed by atoms with van der Waals surface area (Å²) in [7, 11) is 0. The zero-order valence-corrected chi connectivity index (χ0v) is 11.3. The van der Waals surface area contributed by atoms with E-state index in [2.05, 4.69) is 5.32 Å². The minimum atomic E-state index is 0.00144. The van der Waals surface area contributed by atoms with Crippen LogP contribution in [0, 0.1) is 11.8 Å². The number of rotatable bonds is 3. The molecule has 4 heteroatoms. The Morgan fingerprint density at radius 2 is 2.22 bits per heavy atom. The highest BCUT2D eigenvalue weighted by Crippen LogP contribution is 2.26.